The molecule has 24 heavy (non-hydrogen) atoms. The van der Waals surface area contributed by atoms with E-state index in [1.54, 1.807) is 6.07 Å². The summed E-state index contributed by atoms with van der Waals surface area (Å²) < 4.78 is 0. The third-order valence-electron chi connectivity index (χ3n) is 4.74. The molecule has 0 spiro atoms. The van der Waals surface area contributed by atoms with Gasteiger partial charge in [-0.3, -0.25) is 9.59 Å². The molecule has 8 heteroatoms. The number of carbonyl (C=O) groups is 1. The fraction of sp³-hybridized carbons (Fsp3) is 0.625. The molecular weight excluding hydrogens is 326 g/mol. The highest BCUT2D eigenvalue weighted by Crippen LogP contribution is 2.26. The Morgan fingerprint density at radius 3 is 2.79 bits per heavy atom. The molecule has 0 bridgehead atoms. The second-order valence-electron chi connectivity index (χ2n) is 6.65. The lowest BCUT2D eigenvalue weighted by Crippen LogP contribution is -2.54. The van der Waals surface area contributed by atoms with Gasteiger partial charge in [-0.05, 0) is 38.4 Å². The molecule has 1 aromatic heterocycles. The molecule has 2 fully saturated rings. The van der Waals surface area contributed by atoms with Crippen molar-refractivity contribution in [3.8, 4) is 0 Å². The van der Waals surface area contributed by atoms with Crippen LogP contribution in [0.1, 0.15) is 44.2 Å². The molecule has 2 aliphatic heterocycles. The highest BCUT2D eigenvalue weighted by atomic mass is 32.1. The van der Waals surface area contributed by atoms with Gasteiger partial charge in [0.2, 0.25) is 5.91 Å². The monoisotopic (exact) mass is 349 g/mol. The number of hydrogen-bond acceptors (Lipinski definition) is 4. The Bertz CT molecular complexity index is 668. The lowest BCUT2D eigenvalue weighted by molar-refractivity contribution is -0.132. The summed E-state index contributed by atoms with van der Waals surface area (Å²) in [5, 5.41) is 6.96. The Balaban J connectivity index is 1.52. The number of aromatic nitrogens is 2. The Kier molecular flexibility index (Phi) is 5.13. The molecule has 3 N–H and O–H groups in total. The zero-order valence-corrected chi connectivity index (χ0v) is 14.6. The van der Waals surface area contributed by atoms with Gasteiger partial charge in [-0.2, -0.15) is 0 Å². The van der Waals surface area contributed by atoms with E-state index in [0.29, 0.717) is 30.7 Å². The smallest absolute Gasteiger partial charge is 0.250 e. The van der Waals surface area contributed by atoms with Crippen LogP contribution in [0, 0.1) is 0 Å². The standard InChI is InChI=1S/C16H23N5O2S/c1-10-6-12(20-16(24)19-10)7-15(23)21-4-2-11(3-5-21)13-8-14(22)18-9-17-13/h8-12H,2-7H2,1H3,(H,17,18,22)(H2,19,20,24)/t10-,12+/m1/s1. The Hall–Kier alpha value is -1.96. The van der Waals surface area contributed by atoms with E-state index in [0.717, 1.165) is 25.0 Å². The summed E-state index contributed by atoms with van der Waals surface area (Å²) >= 11 is 5.17. The van der Waals surface area contributed by atoms with Gasteiger partial charge in [-0.25, -0.2) is 4.98 Å². The quantitative estimate of drug-likeness (QED) is 0.688. The van der Waals surface area contributed by atoms with Gasteiger partial charge in [0.05, 0.1) is 12.0 Å². The van der Waals surface area contributed by atoms with E-state index in [1.807, 2.05) is 4.90 Å². The van der Waals surface area contributed by atoms with E-state index in [-0.39, 0.29) is 23.4 Å². The summed E-state index contributed by atoms with van der Waals surface area (Å²) in [6.07, 6.45) is 4.49. The normalized spacial score (nSPS) is 25.0. The van der Waals surface area contributed by atoms with Crippen molar-refractivity contribution in [1.82, 2.24) is 25.5 Å². The molecule has 0 aliphatic carbocycles. The third-order valence-corrected chi connectivity index (χ3v) is 4.97. The van der Waals surface area contributed by atoms with E-state index in [4.69, 9.17) is 12.2 Å². The van der Waals surface area contributed by atoms with Crippen LogP contribution in [0.3, 0.4) is 0 Å². The molecule has 7 nitrogen and oxygen atoms in total. The summed E-state index contributed by atoms with van der Waals surface area (Å²) in [6, 6.07) is 1.96. The predicted molar refractivity (Wildman–Crippen MR) is 94.8 cm³/mol. The summed E-state index contributed by atoms with van der Waals surface area (Å²) in [5.74, 6) is 0.419. The minimum Gasteiger partial charge on any atom is -0.360 e. The van der Waals surface area contributed by atoms with Crippen LogP contribution in [0.5, 0.6) is 0 Å². The van der Waals surface area contributed by atoms with Gasteiger partial charge in [0.25, 0.3) is 5.56 Å². The number of rotatable bonds is 3. The van der Waals surface area contributed by atoms with Crippen LogP contribution in [0.25, 0.3) is 0 Å². The Morgan fingerprint density at radius 1 is 1.38 bits per heavy atom. The number of nitrogens with zero attached hydrogens (tertiary/aromatic N) is 2. The maximum Gasteiger partial charge on any atom is 0.250 e. The van der Waals surface area contributed by atoms with Gasteiger partial charge in [0.15, 0.2) is 5.11 Å². The van der Waals surface area contributed by atoms with Crippen LogP contribution < -0.4 is 16.2 Å². The van der Waals surface area contributed by atoms with Crippen LogP contribution in [0.2, 0.25) is 0 Å². The van der Waals surface area contributed by atoms with E-state index in [1.165, 1.54) is 6.33 Å². The molecule has 0 radical (unpaired) electrons. The molecule has 1 aromatic rings. The number of likely N-dealkylation sites (tertiary alicyclic amines) is 1. The third kappa shape index (κ3) is 4.11. The van der Waals surface area contributed by atoms with Crippen LogP contribution in [0.4, 0.5) is 0 Å². The number of amides is 1. The van der Waals surface area contributed by atoms with Gasteiger partial charge in [-0.1, -0.05) is 0 Å². The minimum absolute atomic E-state index is 0.105. The first kappa shape index (κ1) is 16.9. The molecular formula is C16H23N5O2S. The van der Waals surface area contributed by atoms with Gasteiger partial charge < -0.3 is 20.5 Å². The van der Waals surface area contributed by atoms with Gasteiger partial charge >= 0.3 is 0 Å². The molecule has 3 rings (SSSR count). The van der Waals surface area contributed by atoms with Crippen LogP contribution in [-0.4, -0.2) is 51.1 Å². The molecule has 0 unspecified atom stereocenters. The van der Waals surface area contributed by atoms with E-state index in [2.05, 4.69) is 27.5 Å². The van der Waals surface area contributed by atoms with Crippen molar-refractivity contribution in [1.29, 1.82) is 0 Å². The first-order valence-corrected chi connectivity index (χ1v) is 8.81. The Labute approximate surface area is 146 Å². The van der Waals surface area contributed by atoms with Gasteiger partial charge in [0, 0.05) is 43.6 Å². The van der Waals surface area contributed by atoms with Crippen molar-refractivity contribution in [2.24, 2.45) is 0 Å². The number of piperidine rings is 1. The molecule has 130 valence electrons. The Morgan fingerprint density at radius 2 is 2.12 bits per heavy atom. The zero-order valence-electron chi connectivity index (χ0n) is 13.7. The lowest BCUT2D eigenvalue weighted by Gasteiger charge is -2.35. The molecule has 0 saturated carbocycles. The van der Waals surface area contributed by atoms with Gasteiger partial charge in [-0.15, -0.1) is 0 Å². The lowest BCUT2D eigenvalue weighted by atomic mass is 9.92. The summed E-state index contributed by atoms with van der Waals surface area (Å²) in [4.78, 5) is 32.6. The molecule has 2 atom stereocenters. The average molecular weight is 349 g/mol. The van der Waals surface area contributed by atoms with Crippen molar-refractivity contribution < 1.29 is 4.79 Å². The van der Waals surface area contributed by atoms with Gasteiger partial charge in [0.1, 0.15) is 0 Å². The fourth-order valence-electron chi connectivity index (χ4n) is 3.50. The first-order chi connectivity index (χ1) is 11.5. The highest BCUT2D eigenvalue weighted by molar-refractivity contribution is 7.80. The summed E-state index contributed by atoms with van der Waals surface area (Å²) in [6.45, 7) is 3.50. The SMILES string of the molecule is C[C@@H]1C[C@@H](CC(=O)N2CCC(c3cc(=O)[nH]cn3)CC2)NC(=S)N1. The van der Waals surface area contributed by atoms with Crippen molar-refractivity contribution >= 4 is 23.2 Å². The number of aromatic amines is 1. The number of thiocarbonyl (C=S) groups is 1. The van der Waals surface area contributed by atoms with Crippen LogP contribution in [0.15, 0.2) is 17.2 Å². The van der Waals surface area contributed by atoms with Crippen LogP contribution >= 0.6 is 12.2 Å². The maximum atomic E-state index is 12.5. The number of H-pyrrole nitrogens is 1. The highest BCUT2D eigenvalue weighted by Gasteiger charge is 2.28. The van der Waals surface area contributed by atoms with E-state index >= 15 is 0 Å². The van der Waals surface area contributed by atoms with Crippen molar-refractivity contribution in [2.75, 3.05) is 13.1 Å². The fourth-order valence-corrected chi connectivity index (χ4v) is 3.87. The second-order valence-corrected chi connectivity index (χ2v) is 7.05. The topological polar surface area (TPSA) is 90.1 Å². The largest absolute Gasteiger partial charge is 0.360 e. The van der Waals surface area contributed by atoms with Crippen molar-refractivity contribution in [3.63, 3.8) is 0 Å². The van der Waals surface area contributed by atoms with E-state index < -0.39 is 0 Å². The number of nitrogens with one attached hydrogen (secondary N) is 3. The molecule has 2 aliphatic rings. The molecule has 1 amide bonds. The average Bonchev–Trinajstić information content (AvgIpc) is 2.54. The zero-order chi connectivity index (χ0) is 17.1. The summed E-state index contributed by atoms with van der Waals surface area (Å²) in [7, 11) is 0. The minimum atomic E-state index is -0.124. The summed E-state index contributed by atoms with van der Waals surface area (Å²) in [5.41, 5.74) is 0.700. The maximum absolute atomic E-state index is 12.5. The second kappa shape index (κ2) is 7.29. The van der Waals surface area contributed by atoms with Crippen molar-refractivity contribution in [2.45, 2.75) is 50.6 Å². The molecule has 2 saturated heterocycles. The van der Waals surface area contributed by atoms with Crippen LogP contribution in [-0.2, 0) is 4.79 Å². The van der Waals surface area contributed by atoms with Crippen molar-refractivity contribution in [3.05, 3.63) is 28.4 Å². The number of carbonyl (C=O) groups excluding carboxylic acids is 1. The molecule has 0 aromatic carbocycles. The first-order valence-electron chi connectivity index (χ1n) is 8.40. The van der Waals surface area contributed by atoms with E-state index in [9.17, 15) is 9.59 Å². The predicted octanol–water partition coefficient (Wildman–Crippen LogP) is 0.491. The number of hydrogen-bond donors (Lipinski definition) is 3. The molecule has 3 heterocycles.